The van der Waals surface area contributed by atoms with E-state index in [0.29, 0.717) is 22.2 Å². The van der Waals surface area contributed by atoms with Gasteiger partial charge in [0.15, 0.2) is 0 Å². The number of aromatic hydroxyl groups is 1. The number of esters is 1. The summed E-state index contributed by atoms with van der Waals surface area (Å²) in [5, 5.41) is 11.1. The Kier molecular flexibility index (Phi) is 7.65. The first-order valence-corrected chi connectivity index (χ1v) is 10.8. The van der Waals surface area contributed by atoms with Gasteiger partial charge in [-0.15, -0.1) is 0 Å². The van der Waals surface area contributed by atoms with Gasteiger partial charge in [0.25, 0.3) is 5.91 Å². The van der Waals surface area contributed by atoms with Crippen LogP contribution in [0.4, 0.5) is 5.69 Å². The standard InChI is InChI=1S/C25H28N2O5/c1-3-5-6-7-8-17-13-18-14-20(23(26)29)24(32-22(18)15-21(17)28)27-19-11-9-16(10-12-19)25(30)31-4-2/h9-15,28H,3-8H2,1-2H3,(H2,26,29). The third-order valence-electron chi connectivity index (χ3n) is 5.12. The van der Waals surface area contributed by atoms with Gasteiger partial charge in [-0.1, -0.05) is 26.2 Å². The number of amides is 1. The largest absolute Gasteiger partial charge is 0.508 e. The van der Waals surface area contributed by atoms with Gasteiger partial charge in [-0.25, -0.2) is 9.79 Å². The lowest BCUT2D eigenvalue weighted by Gasteiger charge is -2.08. The maximum Gasteiger partial charge on any atom is 0.338 e. The number of nitrogens with zero attached hydrogens (tertiary/aromatic N) is 1. The molecule has 0 atom stereocenters. The minimum atomic E-state index is -0.671. The fourth-order valence-corrected chi connectivity index (χ4v) is 3.42. The number of hydrogen-bond donors (Lipinski definition) is 2. The van der Waals surface area contributed by atoms with Gasteiger partial charge in [0, 0.05) is 11.5 Å². The Balaban J connectivity index is 1.98. The first kappa shape index (κ1) is 23.1. The molecule has 7 heteroatoms. The molecule has 0 spiro atoms. The second-order valence-electron chi connectivity index (χ2n) is 7.54. The number of carbonyl (C=O) groups excluding carboxylic acids is 2. The molecule has 0 radical (unpaired) electrons. The number of ether oxygens (including phenoxy) is 1. The molecule has 0 bridgehead atoms. The van der Waals surface area contributed by atoms with Crippen molar-refractivity contribution in [3.63, 3.8) is 0 Å². The summed E-state index contributed by atoms with van der Waals surface area (Å²) in [4.78, 5) is 28.2. The summed E-state index contributed by atoms with van der Waals surface area (Å²) in [6, 6.07) is 11.4. The Bertz CT molecular complexity index is 1180. The zero-order valence-electron chi connectivity index (χ0n) is 18.4. The summed E-state index contributed by atoms with van der Waals surface area (Å²) in [6.07, 6.45) is 5.11. The van der Waals surface area contributed by atoms with Gasteiger partial charge < -0.3 is 20.0 Å². The number of rotatable bonds is 9. The molecule has 1 amide bonds. The van der Waals surface area contributed by atoms with Crippen molar-refractivity contribution in [2.24, 2.45) is 10.7 Å². The third kappa shape index (κ3) is 5.55. The molecule has 7 nitrogen and oxygen atoms in total. The number of aryl methyl sites for hydroxylation is 1. The number of fused-ring (bicyclic) bond motifs is 1. The van der Waals surface area contributed by atoms with Gasteiger partial charge in [0.2, 0.25) is 5.55 Å². The highest BCUT2D eigenvalue weighted by molar-refractivity contribution is 5.95. The van der Waals surface area contributed by atoms with Crippen molar-refractivity contribution in [1.82, 2.24) is 0 Å². The topological polar surface area (TPSA) is 115 Å². The minimum absolute atomic E-state index is 0.0315. The smallest absolute Gasteiger partial charge is 0.338 e. The van der Waals surface area contributed by atoms with Gasteiger partial charge in [-0.2, -0.15) is 0 Å². The summed E-state index contributed by atoms with van der Waals surface area (Å²) in [7, 11) is 0. The van der Waals surface area contributed by atoms with E-state index < -0.39 is 11.9 Å². The van der Waals surface area contributed by atoms with Crippen molar-refractivity contribution in [1.29, 1.82) is 0 Å². The number of hydrogen-bond acceptors (Lipinski definition) is 6. The van der Waals surface area contributed by atoms with Gasteiger partial charge in [-0.05, 0) is 61.7 Å². The monoisotopic (exact) mass is 436 g/mol. The van der Waals surface area contributed by atoms with Gasteiger partial charge >= 0.3 is 5.97 Å². The van der Waals surface area contributed by atoms with Crippen LogP contribution in [-0.4, -0.2) is 23.6 Å². The van der Waals surface area contributed by atoms with Crippen molar-refractivity contribution in [3.8, 4) is 5.75 Å². The second-order valence-corrected chi connectivity index (χ2v) is 7.54. The molecule has 0 fully saturated rings. The van der Waals surface area contributed by atoms with E-state index in [9.17, 15) is 14.7 Å². The molecule has 2 aromatic carbocycles. The van der Waals surface area contributed by atoms with Crippen molar-refractivity contribution in [2.45, 2.75) is 46.0 Å². The molecule has 3 N–H and O–H groups in total. The van der Waals surface area contributed by atoms with Crippen LogP contribution in [0.5, 0.6) is 5.75 Å². The molecule has 0 aliphatic heterocycles. The number of carbonyl (C=O) groups is 2. The number of unbranched alkanes of at least 4 members (excludes halogenated alkanes) is 3. The molecule has 32 heavy (non-hydrogen) atoms. The molecule has 3 aromatic rings. The number of nitrogens with two attached hydrogens (primary N) is 1. The van der Waals surface area contributed by atoms with E-state index in [2.05, 4.69) is 11.9 Å². The molecule has 0 aliphatic carbocycles. The Morgan fingerprint density at radius 2 is 1.81 bits per heavy atom. The van der Waals surface area contributed by atoms with Crippen LogP contribution in [-0.2, 0) is 11.2 Å². The van der Waals surface area contributed by atoms with Crippen LogP contribution < -0.4 is 11.3 Å². The Morgan fingerprint density at radius 1 is 1.06 bits per heavy atom. The lowest BCUT2D eigenvalue weighted by atomic mass is 10.0. The summed E-state index contributed by atoms with van der Waals surface area (Å²) in [6.45, 7) is 4.18. The van der Waals surface area contributed by atoms with E-state index in [1.54, 1.807) is 37.3 Å². The fourth-order valence-electron chi connectivity index (χ4n) is 3.42. The maximum atomic E-state index is 12.1. The Morgan fingerprint density at radius 3 is 2.47 bits per heavy atom. The van der Waals surface area contributed by atoms with Crippen LogP contribution in [0.15, 0.2) is 51.9 Å². The fraction of sp³-hybridized carbons (Fsp3) is 0.320. The van der Waals surface area contributed by atoms with E-state index in [4.69, 9.17) is 14.9 Å². The SMILES string of the molecule is CCCCCCc1cc2cc(C(N)=O)c(=Nc3ccc(C(=O)OCC)cc3)oc2cc1O. The average Bonchev–Trinajstić information content (AvgIpc) is 2.77. The molecular weight excluding hydrogens is 408 g/mol. The van der Waals surface area contributed by atoms with E-state index in [1.807, 2.05) is 6.07 Å². The maximum absolute atomic E-state index is 12.1. The molecule has 1 heterocycles. The molecular formula is C25H28N2O5. The highest BCUT2D eigenvalue weighted by Gasteiger charge is 2.13. The van der Waals surface area contributed by atoms with Gasteiger partial charge in [0.1, 0.15) is 16.9 Å². The van der Waals surface area contributed by atoms with Crippen LogP contribution in [0.3, 0.4) is 0 Å². The first-order chi connectivity index (χ1) is 15.4. The molecule has 0 aliphatic rings. The van der Waals surface area contributed by atoms with E-state index in [0.717, 1.165) is 37.7 Å². The van der Waals surface area contributed by atoms with E-state index in [-0.39, 0.29) is 23.5 Å². The molecule has 168 valence electrons. The normalized spacial score (nSPS) is 11.6. The van der Waals surface area contributed by atoms with Crippen LogP contribution in [0.25, 0.3) is 11.0 Å². The summed E-state index contributed by atoms with van der Waals surface area (Å²) in [5.74, 6) is -0.947. The van der Waals surface area contributed by atoms with Crippen molar-refractivity contribution >= 4 is 28.5 Å². The summed E-state index contributed by atoms with van der Waals surface area (Å²) >= 11 is 0. The second kappa shape index (κ2) is 10.6. The highest BCUT2D eigenvalue weighted by atomic mass is 16.5. The minimum Gasteiger partial charge on any atom is -0.508 e. The van der Waals surface area contributed by atoms with Crippen LogP contribution >= 0.6 is 0 Å². The van der Waals surface area contributed by atoms with Crippen LogP contribution in [0, 0.1) is 0 Å². The number of primary amides is 1. The quantitative estimate of drug-likeness (QED) is 0.370. The number of phenols is 1. The first-order valence-electron chi connectivity index (χ1n) is 10.8. The predicted octanol–water partition coefficient (Wildman–Crippen LogP) is 4.77. The zero-order valence-corrected chi connectivity index (χ0v) is 18.4. The summed E-state index contributed by atoms with van der Waals surface area (Å²) < 4.78 is 10.8. The molecule has 0 unspecified atom stereocenters. The van der Waals surface area contributed by atoms with Crippen LogP contribution in [0.2, 0.25) is 0 Å². The summed E-state index contributed by atoms with van der Waals surface area (Å²) in [5.41, 5.74) is 7.80. The zero-order chi connectivity index (χ0) is 23.1. The number of benzene rings is 2. The van der Waals surface area contributed by atoms with E-state index >= 15 is 0 Å². The lowest BCUT2D eigenvalue weighted by Crippen LogP contribution is -2.21. The van der Waals surface area contributed by atoms with Crippen molar-refractivity contribution in [2.75, 3.05) is 6.61 Å². The average molecular weight is 437 g/mol. The van der Waals surface area contributed by atoms with Gasteiger partial charge in [-0.3, -0.25) is 4.79 Å². The molecule has 0 saturated carbocycles. The Labute approximate surface area is 186 Å². The molecule has 3 rings (SSSR count). The lowest BCUT2D eigenvalue weighted by molar-refractivity contribution is 0.0526. The van der Waals surface area contributed by atoms with Crippen LogP contribution in [0.1, 0.15) is 65.8 Å². The third-order valence-corrected chi connectivity index (χ3v) is 5.12. The molecule has 0 saturated heterocycles. The molecule has 1 aromatic heterocycles. The van der Waals surface area contributed by atoms with Crippen molar-refractivity contribution in [3.05, 3.63) is 64.7 Å². The number of phenolic OH excluding ortho intramolecular Hbond substituents is 1. The Hall–Kier alpha value is -3.61. The van der Waals surface area contributed by atoms with Crippen molar-refractivity contribution < 1.29 is 23.8 Å². The van der Waals surface area contributed by atoms with E-state index in [1.165, 1.54) is 6.07 Å². The highest BCUT2D eigenvalue weighted by Crippen LogP contribution is 2.27. The predicted molar refractivity (Wildman–Crippen MR) is 122 cm³/mol. The van der Waals surface area contributed by atoms with Gasteiger partial charge in [0.05, 0.1) is 17.9 Å².